The Labute approximate surface area is 122 Å². The highest BCUT2D eigenvalue weighted by Crippen LogP contribution is 2.23. The van der Waals surface area contributed by atoms with E-state index in [1.54, 1.807) is 18.2 Å². The van der Waals surface area contributed by atoms with Gasteiger partial charge in [-0.1, -0.05) is 47.5 Å². The molecule has 19 heavy (non-hydrogen) atoms. The summed E-state index contributed by atoms with van der Waals surface area (Å²) in [6, 6.07) is 12.9. The Morgan fingerprint density at radius 2 is 1.84 bits per heavy atom. The molecule has 0 saturated heterocycles. The first-order valence-corrected chi connectivity index (χ1v) is 6.61. The standard InChI is InChI=1S/C15H13Cl2NO/c1-10-4-2-3-5-14(10)18-15(19)9-11-6-7-12(16)13(17)8-11/h2-8H,9H2,1H3,(H,18,19). The molecule has 0 radical (unpaired) electrons. The Morgan fingerprint density at radius 1 is 1.11 bits per heavy atom. The summed E-state index contributed by atoms with van der Waals surface area (Å²) in [7, 11) is 0. The number of carbonyl (C=O) groups excluding carboxylic acids is 1. The van der Waals surface area contributed by atoms with Gasteiger partial charge in [0.05, 0.1) is 16.5 Å². The molecule has 0 bridgehead atoms. The van der Waals surface area contributed by atoms with Crippen LogP contribution in [0.15, 0.2) is 42.5 Å². The van der Waals surface area contributed by atoms with E-state index < -0.39 is 0 Å². The second kappa shape index (κ2) is 6.09. The normalized spacial score (nSPS) is 10.3. The molecular weight excluding hydrogens is 281 g/mol. The van der Waals surface area contributed by atoms with Crippen molar-refractivity contribution >= 4 is 34.8 Å². The quantitative estimate of drug-likeness (QED) is 0.888. The number of hydrogen-bond acceptors (Lipinski definition) is 1. The molecule has 0 aliphatic rings. The Kier molecular flexibility index (Phi) is 4.46. The van der Waals surface area contributed by atoms with Gasteiger partial charge in [-0.2, -0.15) is 0 Å². The van der Waals surface area contributed by atoms with E-state index in [1.807, 2.05) is 31.2 Å². The van der Waals surface area contributed by atoms with E-state index in [0.29, 0.717) is 10.0 Å². The van der Waals surface area contributed by atoms with Crippen LogP contribution in [-0.2, 0) is 11.2 Å². The first-order chi connectivity index (χ1) is 9.06. The molecule has 1 N–H and O–H groups in total. The van der Waals surface area contributed by atoms with Gasteiger partial charge in [0.1, 0.15) is 0 Å². The fourth-order valence-electron chi connectivity index (χ4n) is 1.74. The van der Waals surface area contributed by atoms with Crippen LogP contribution in [0.2, 0.25) is 10.0 Å². The molecule has 0 heterocycles. The monoisotopic (exact) mass is 293 g/mol. The second-order valence-corrected chi connectivity index (χ2v) is 5.10. The van der Waals surface area contributed by atoms with Crippen molar-refractivity contribution in [3.05, 3.63) is 63.6 Å². The lowest BCUT2D eigenvalue weighted by molar-refractivity contribution is -0.115. The number of carbonyl (C=O) groups is 1. The van der Waals surface area contributed by atoms with E-state index in [2.05, 4.69) is 5.32 Å². The second-order valence-electron chi connectivity index (χ2n) is 4.29. The molecule has 0 fully saturated rings. The van der Waals surface area contributed by atoms with Gasteiger partial charge in [-0.25, -0.2) is 0 Å². The zero-order valence-electron chi connectivity index (χ0n) is 10.4. The molecule has 2 nitrogen and oxygen atoms in total. The third kappa shape index (κ3) is 3.72. The van der Waals surface area contributed by atoms with Crippen LogP contribution in [0.5, 0.6) is 0 Å². The maximum Gasteiger partial charge on any atom is 0.228 e. The number of anilines is 1. The van der Waals surface area contributed by atoms with Crippen molar-refractivity contribution in [2.45, 2.75) is 13.3 Å². The molecule has 0 unspecified atom stereocenters. The van der Waals surface area contributed by atoms with Crippen molar-refractivity contribution < 1.29 is 4.79 Å². The van der Waals surface area contributed by atoms with Crippen LogP contribution in [0.1, 0.15) is 11.1 Å². The molecule has 0 aliphatic carbocycles. The molecule has 2 aromatic rings. The summed E-state index contributed by atoms with van der Waals surface area (Å²) in [6.07, 6.45) is 0.269. The topological polar surface area (TPSA) is 29.1 Å². The van der Waals surface area contributed by atoms with Crippen molar-refractivity contribution in [1.29, 1.82) is 0 Å². The number of rotatable bonds is 3. The summed E-state index contributed by atoms with van der Waals surface area (Å²) in [5.74, 6) is -0.0762. The number of nitrogens with one attached hydrogen (secondary N) is 1. The zero-order valence-corrected chi connectivity index (χ0v) is 11.9. The van der Waals surface area contributed by atoms with Gasteiger partial charge in [-0.3, -0.25) is 4.79 Å². The lowest BCUT2D eigenvalue weighted by atomic mass is 10.1. The van der Waals surface area contributed by atoms with E-state index in [4.69, 9.17) is 23.2 Å². The number of benzene rings is 2. The van der Waals surface area contributed by atoms with Gasteiger partial charge in [0.15, 0.2) is 0 Å². The van der Waals surface area contributed by atoms with Crippen molar-refractivity contribution in [1.82, 2.24) is 0 Å². The van der Waals surface area contributed by atoms with Gasteiger partial charge >= 0.3 is 0 Å². The first kappa shape index (κ1) is 13.9. The minimum Gasteiger partial charge on any atom is -0.326 e. The summed E-state index contributed by atoms with van der Waals surface area (Å²) in [5.41, 5.74) is 2.69. The number of hydrogen-bond donors (Lipinski definition) is 1. The highest BCUT2D eigenvalue weighted by atomic mass is 35.5. The molecule has 98 valence electrons. The Bertz CT molecular complexity index is 611. The SMILES string of the molecule is Cc1ccccc1NC(=O)Cc1ccc(Cl)c(Cl)c1. The molecule has 0 spiro atoms. The van der Waals surface area contributed by atoms with Crippen molar-refractivity contribution in [3.8, 4) is 0 Å². The van der Waals surface area contributed by atoms with E-state index in [-0.39, 0.29) is 12.3 Å². The van der Waals surface area contributed by atoms with Crippen LogP contribution in [0.25, 0.3) is 0 Å². The summed E-state index contributed by atoms with van der Waals surface area (Å²) in [6.45, 7) is 1.95. The molecule has 2 aromatic carbocycles. The van der Waals surface area contributed by atoms with Gasteiger partial charge < -0.3 is 5.32 Å². The Hall–Kier alpha value is -1.51. The average molecular weight is 294 g/mol. The summed E-state index contributed by atoms with van der Waals surface area (Å²) >= 11 is 11.8. The lowest BCUT2D eigenvalue weighted by Gasteiger charge is -2.08. The highest BCUT2D eigenvalue weighted by Gasteiger charge is 2.07. The highest BCUT2D eigenvalue weighted by molar-refractivity contribution is 6.42. The molecular formula is C15H13Cl2NO. The van der Waals surface area contributed by atoms with E-state index in [9.17, 15) is 4.79 Å². The van der Waals surface area contributed by atoms with Crippen LogP contribution < -0.4 is 5.32 Å². The number of aryl methyl sites for hydroxylation is 1. The van der Waals surface area contributed by atoms with Gasteiger partial charge in [0.2, 0.25) is 5.91 Å². The summed E-state index contributed by atoms with van der Waals surface area (Å²) < 4.78 is 0. The number of halogens is 2. The molecule has 1 amide bonds. The van der Waals surface area contributed by atoms with E-state index in [0.717, 1.165) is 16.8 Å². The van der Waals surface area contributed by atoms with Gasteiger partial charge in [0.25, 0.3) is 0 Å². The van der Waals surface area contributed by atoms with Crippen molar-refractivity contribution in [2.24, 2.45) is 0 Å². The number of para-hydroxylation sites is 1. The fraction of sp³-hybridized carbons (Fsp3) is 0.133. The Balaban J connectivity index is 2.05. The first-order valence-electron chi connectivity index (χ1n) is 5.85. The molecule has 0 aliphatic heterocycles. The third-order valence-electron chi connectivity index (χ3n) is 2.77. The summed E-state index contributed by atoms with van der Waals surface area (Å²) in [5, 5.41) is 3.83. The fourth-order valence-corrected chi connectivity index (χ4v) is 2.06. The van der Waals surface area contributed by atoms with Gasteiger partial charge in [0, 0.05) is 5.69 Å². The van der Waals surface area contributed by atoms with Gasteiger partial charge in [-0.15, -0.1) is 0 Å². The molecule has 0 atom stereocenters. The van der Waals surface area contributed by atoms with E-state index >= 15 is 0 Å². The third-order valence-corrected chi connectivity index (χ3v) is 3.51. The molecule has 2 rings (SSSR count). The molecule has 4 heteroatoms. The Morgan fingerprint density at radius 3 is 2.53 bits per heavy atom. The maximum atomic E-state index is 11.9. The zero-order chi connectivity index (χ0) is 13.8. The minimum atomic E-state index is -0.0762. The average Bonchev–Trinajstić information content (AvgIpc) is 2.37. The van der Waals surface area contributed by atoms with Crippen LogP contribution in [-0.4, -0.2) is 5.91 Å². The maximum absolute atomic E-state index is 11.9. The predicted molar refractivity (Wildman–Crippen MR) is 80.0 cm³/mol. The van der Waals surface area contributed by atoms with Crippen molar-refractivity contribution in [3.63, 3.8) is 0 Å². The minimum absolute atomic E-state index is 0.0762. The summed E-state index contributed by atoms with van der Waals surface area (Å²) in [4.78, 5) is 11.9. The molecule has 0 aromatic heterocycles. The lowest BCUT2D eigenvalue weighted by Crippen LogP contribution is -2.15. The van der Waals surface area contributed by atoms with E-state index in [1.165, 1.54) is 0 Å². The van der Waals surface area contributed by atoms with Crippen LogP contribution >= 0.6 is 23.2 Å². The number of amides is 1. The predicted octanol–water partition coefficient (Wildman–Crippen LogP) is 4.48. The van der Waals surface area contributed by atoms with Crippen LogP contribution in [0.3, 0.4) is 0 Å². The van der Waals surface area contributed by atoms with Crippen molar-refractivity contribution in [2.75, 3.05) is 5.32 Å². The largest absolute Gasteiger partial charge is 0.326 e. The van der Waals surface area contributed by atoms with Crippen LogP contribution in [0, 0.1) is 6.92 Å². The van der Waals surface area contributed by atoms with Crippen LogP contribution in [0.4, 0.5) is 5.69 Å². The molecule has 0 saturated carbocycles. The smallest absolute Gasteiger partial charge is 0.228 e. The van der Waals surface area contributed by atoms with Gasteiger partial charge in [-0.05, 0) is 36.2 Å².